The first kappa shape index (κ1) is 15.0. The molecule has 3 heterocycles. The van der Waals surface area contributed by atoms with E-state index in [2.05, 4.69) is 4.98 Å². The van der Waals surface area contributed by atoms with Crippen molar-refractivity contribution in [2.45, 2.75) is 19.3 Å². The van der Waals surface area contributed by atoms with Gasteiger partial charge in [0.05, 0.1) is 6.42 Å². The molecular formula is C16H19N3O2S. The third-order valence-corrected chi connectivity index (χ3v) is 4.85. The minimum absolute atomic E-state index is 0.0422. The molecule has 1 saturated heterocycles. The van der Waals surface area contributed by atoms with Gasteiger partial charge in [0, 0.05) is 38.4 Å². The Hall–Kier alpha value is -1.95. The molecule has 0 aromatic carbocycles. The topological polar surface area (TPSA) is 55.2 Å². The van der Waals surface area contributed by atoms with Crippen LogP contribution in [0, 0.1) is 5.92 Å². The lowest BCUT2D eigenvalue weighted by molar-refractivity contribution is -0.131. The number of thiophene rings is 1. The van der Waals surface area contributed by atoms with Crippen molar-refractivity contribution in [3.8, 4) is 0 Å². The van der Waals surface area contributed by atoms with E-state index < -0.39 is 0 Å². The molecule has 1 fully saturated rings. The van der Waals surface area contributed by atoms with Crippen molar-refractivity contribution >= 4 is 23.0 Å². The molecule has 1 atom stereocenters. The molecule has 0 aliphatic carbocycles. The van der Waals surface area contributed by atoms with E-state index in [1.807, 2.05) is 28.8 Å². The lowest BCUT2D eigenvalue weighted by Gasteiger charge is -2.32. The van der Waals surface area contributed by atoms with Gasteiger partial charge < -0.3 is 9.47 Å². The molecule has 0 saturated carbocycles. The molecule has 5 nitrogen and oxygen atoms in total. The number of nitrogens with zero attached hydrogens (tertiary/aromatic N) is 3. The van der Waals surface area contributed by atoms with Crippen molar-refractivity contribution in [2.75, 3.05) is 13.1 Å². The lowest BCUT2D eigenvalue weighted by atomic mass is 9.93. The van der Waals surface area contributed by atoms with E-state index in [-0.39, 0.29) is 17.6 Å². The Morgan fingerprint density at radius 2 is 2.32 bits per heavy atom. The Morgan fingerprint density at radius 3 is 3.00 bits per heavy atom. The van der Waals surface area contributed by atoms with Gasteiger partial charge >= 0.3 is 0 Å². The number of imidazole rings is 1. The average Bonchev–Trinajstić information content (AvgIpc) is 3.18. The number of aromatic nitrogens is 2. The Balaban J connectivity index is 1.65. The minimum atomic E-state index is -0.138. The maximum atomic E-state index is 12.5. The fourth-order valence-electron chi connectivity index (χ4n) is 2.88. The minimum Gasteiger partial charge on any atom is -0.342 e. The van der Waals surface area contributed by atoms with E-state index >= 15 is 0 Å². The van der Waals surface area contributed by atoms with Crippen molar-refractivity contribution in [3.05, 3.63) is 40.6 Å². The van der Waals surface area contributed by atoms with E-state index in [1.54, 1.807) is 28.3 Å². The number of amides is 1. The highest BCUT2D eigenvalue weighted by atomic mass is 32.1. The first-order chi connectivity index (χ1) is 10.6. The Labute approximate surface area is 133 Å². The van der Waals surface area contributed by atoms with Crippen LogP contribution in [0.4, 0.5) is 0 Å². The third-order valence-electron chi connectivity index (χ3n) is 4.12. The second kappa shape index (κ2) is 6.44. The molecule has 0 spiro atoms. The Bertz CT molecular complexity index is 663. The lowest BCUT2D eigenvalue weighted by Crippen LogP contribution is -2.43. The standard InChI is InChI=1S/C16H19N3O2S/c1-18-7-5-17-16(18)15(21)13-3-2-6-19(10-13)14(20)9-12-4-8-22-11-12/h4-5,7-8,11,13H,2-3,6,9-10H2,1H3/t13-/m0/s1. The largest absolute Gasteiger partial charge is 0.342 e. The highest BCUT2D eigenvalue weighted by Crippen LogP contribution is 2.21. The second-order valence-electron chi connectivity index (χ2n) is 5.71. The van der Waals surface area contributed by atoms with Crippen LogP contribution in [0.1, 0.15) is 29.0 Å². The number of Topliss-reactive ketones (excluding diaryl/α,β-unsaturated/α-hetero) is 1. The molecule has 116 valence electrons. The molecule has 2 aromatic rings. The average molecular weight is 317 g/mol. The predicted molar refractivity (Wildman–Crippen MR) is 84.9 cm³/mol. The van der Waals surface area contributed by atoms with Gasteiger partial charge in [-0.3, -0.25) is 9.59 Å². The molecular weight excluding hydrogens is 298 g/mol. The van der Waals surface area contributed by atoms with Crippen LogP contribution in [0.3, 0.4) is 0 Å². The number of rotatable bonds is 4. The summed E-state index contributed by atoms with van der Waals surface area (Å²) in [5.41, 5.74) is 1.05. The number of hydrogen-bond donors (Lipinski definition) is 0. The van der Waals surface area contributed by atoms with Crippen molar-refractivity contribution < 1.29 is 9.59 Å². The number of ketones is 1. The zero-order valence-corrected chi connectivity index (χ0v) is 13.4. The van der Waals surface area contributed by atoms with Crippen LogP contribution in [-0.2, 0) is 18.3 Å². The van der Waals surface area contributed by atoms with Crippen LogP contribution < -0.4 is 0 Å². The van der Waals surface area contributed by atoms with Crippen molar-refractivity contribution in [2.24, 2.45) is 13.0 Å². The molecule has 2 aromatic heterocycles. The van der Waals surface area contributed by atoms with Crippen LogP contribution in [0.5, 0.6) is 0 Å². The summed E-state index contributed by atoms with van der Waals surface area (Å²) in [6.07, 6.45) is 5.53. The fourth-order valence-corrected chi connectivity index (χ4v) is 3.55. The van der Waals surface area contributed by atoms with Crippen LogP contribution in [0.25, 0.3) is 0 Å². The summed E-state index contributed by atoms with van der Waals surface area (Å²) < 4.78 is 1.74. The predicted octanol–water partition coefficient (Wildman–Crippen LogP) is 2.15. The van der Waals surface area contributed by atoms with Gasteiger partial charge in [-0.1, -0.05) is 0 Å². The zero-order valence-electron chi connectivity index (χ0n) is 12.6. The van der Waals surface area contributed by atoms with E-state index in [0.29, 0.717) is 18.8 Å². The normalized spacial score (nSPS) is 18.4. The van der Waals surface area contributed by atoms with E-state index in [4.69, 9.17) is 0 Å². The van der Waals surface area contributed by atoms with Gasteiger partial charge in [0.2, 0.25) is 11.7 Å². The van der Waals surface area contributed by atoms with Crippen molar-refractivity contribution in [1.82, 2.24) is 14.5 Å². The van der Waals surface area contributed by atoms with Gasteiger partial charge in [0.25, 0.3) is 0 Å². The molecule has 0 radical (unpaired) electrons. The fraction of sp³-hybridized carbons (Fsp3) is 0.438. The number of likely N-dealkylation sites (tertiary alicyclic amines) is 1. The molecule has 6 heteroatoms. The van der Waals surface area contributed by atoms with Gasteiger partial charge in [0.15, 0.2) is 5.82 Å². The second-order valence-corrected chi connectivity index (χ2v) is 6.49. The van der Waals surface area contributed by atoms with Gasteiger partial charge in [-0.25, -0.2) is 4.98 Å². The summed E-state index contributed by atoms with van der Waals surface area (Å²) >= 11 is 1.60. The number of piperidine rings is 1. The van der Waals surface area contributed by atoms with Gasteiger partial charge in [0.1, 0.15) is 0 Å². The van der Waals surface area contributed by atoms with Crippen LogP contribution in [-0.4, -0.2) is 39.2 Å². The molecule has 0 unspecified atom stereocenters. The molecule has 1 aliphatic heterocycles. The van der Waals surface area contributed by atoms with Gasteiger partial charge in [-0.05, 0) is 35.2 Å². The molecule has 0 bridgehead atoms. The third kappa shape index (κ3) is 3.11. The maximum Gasteiger partial charge on any atom is 0.227 e. The summed E-state index contributed by atoms with van der Waals surface area (Å²) in [6, 6.07) is 1.98. The summed E-state index contributed by atoms with van der Waals surface area (Å²) in [5, 5.41) is 3.98. The van der Waals surface area contributed by atoms with E-state index in [9.17, 15) is 9.59 Å². The van der Waals surface area contributed by atoms with Crippen LogP contribution >= 0.6 is 11.3 Å². The Morgan fingerprint density at radius 1 is 1.45 bits per heavy atom. The summed E-state index contributed by atoms with van der Waals surface area (Å²) in [4.78, 5) is 30.9. The number of carbonyl (C=O) groups excluding carboxylic acids is 2. The van der Waals surface area contributed by atoms with Crippen LogP contribution in [0.2, 0.25) is 0 Å². The smallest absolute Gasteiger partial charge is 0.227 e. The molecule has 1 aliphatic rings. The quantitative estimate of drug-likeness (QED) is 0.812. The van der Waals surface area contributed by atoms with Crippen molar-refractivity contribution in [3.63, 3.8) is 0 Å². The van der Waals surface area contributed by atoms with Gasteiger partial charge in [-0.15, -0.1) is 0 Å². The molecule has 1 amide bonds. The summed E-state index contributed by atoms with van der Waals surface area (Å²) in [6.45, 7) is 1.25. The summed E-state index contributed by atoms with van der Waals surface area (Å²) in [7, 11) is 1.82. The van der Waals surface area contributed by atoms with E-state index in [1.165, 1.54) is 0 Å². The Kier molecular flexibility index (Phi) is 4.38. The molecule has 22 heavy (non-hydrogen) atoms. The molecule has 0 N–H and O–H groups in total. The summed E-state index contributed by atoms with van der Waals surface area (Å²) in [5.74, 6) is 0.495. The first-order valence-electron chi connectivity index (χ1n) is 7.45. The highest BCUT2D eigenvalue weighted by molar-refractivity contribution is 7.08. The van der Waals surface area contributed by atoms with E-state index in [0.717, 1.165) is 24.9 Å². The first-order valence-corrected chi connectivity index (χ1v) is 8.40. The SMILES string of the molecule is Cn1ccnc1C(=O)[C@H]1CCCN(C(=O)Cc2ccsc2)C1. The van der Waals surface area contributed by atoms with Crippen LogP contribution in [0.15, 0.2) is 29.2 Å². The maximum absolute atomic E-state index is 12.5. The molecule has 3 rings (SSSR count). The monoisotopic (exact) mass is 317 g/mol. The number of carbonyl (C=O) groups is 2. The zero-order chi connectivity index (χ0) is 15.5. The number of hydrogen-bond acceptors (Lipinski definition) is 4. The van der Waals surface area contributed by atoms with Crippen molar-refractivity contribution in [1.29, 1.82) is 0 Å². The highest BCUT2D eigenvalue weighted by Gasteiger charge is 2.30. The number of aryl methyl sites for hydroxylation is 1. The van der Waals surface area contributed by atoms with Gasteiger partial charge in [-0.2, -0.15) is 11.3 Å².